The van der Waals surface area contributed by atoms with E-state index in [1.807, 2.05) is 25.9 Å². The molecule has 0 spiro atoms. The molecule has 192 valence electrons. The minimum atomic E-state index is -4.54. The van der Waals surface area contributed by atoms with E-state index in [0.717, 1.165) is 30.8 Å². The molecule has 1 aliphatic rings. The maximum atomic E-state index is 13.7. The number of hydrogen-bond acceptors (Lipinski definition) is 5. The van der Waals surface area contributed by atoms with Crippen LogP contribution in [0.4, 0.5) is 24.5 Å². The number of benzene rings is 2. The number of fused-ring (bicyclic) bond motifs is 1. The highest BCUT2D eigenvalue weighted by atomic mass is 19.4. The van der Waals surface area contributed by atoms with Gasteiger partial charge >= 0.3 is 6.18 Å². The molecule has 11 heteroatoms. The second-order valence-corrected chi connectivity index (χ2v) is 9.23. The van der Waals surface area contributed by atoms with E-state index in [0.29, 0.717) is 35.7 Å². The number of anilines is 2. The van der Waals surface area contributed by atoms with Crippen molar-refractivity contribution < 1.29 is 18.0 Å². The van der Waals surface area contributed by atoms with Gasteiger partial charge in [0.2, 0.25) is 0 Å². The summed E-state index contributed by atoms with van der Waals surface area (Å²) in [5, 5.41) is 6.89. The summed E-state index contributed by atoms with van der Waals surface area (Å²) in [7, 11) is 1.98. The summed E-state index contributed by atoms with van der Waals surface area (Å²) in [6, 6.07) is 12.3. The predicted molar refractivity (Wildman–Crippen MR) is 142 cm³/mol. The summed E-state index contributed by atoms with van der Waals surface area (Å²) >= 11 is 0. The Kier molecular flexibility index (Phi) is 6.82. The van der Waals surface area contributed by atoms with Gasteiger partial charge in [0.05, 0.1) is 11.8 Å². The van der Waals surface area contributed by atoms with Crippen LogP contribution in [-0.4, -0.2) is 59.5 Å². The first-order valence-corrected chi connectivity index (χ1v) is 12.1. The standard InChI is InChI=1S/C27H24BF3N6O/c1-18-4-5-20(13-19(18)6-7-23-17-32-25-3-2-8-33-37(23)25)26(38)34-22-14-21(27(29,30)31)15-24(16-22)35-9-11-36(28)12-10-35/h2-5,8,13-17H,9-12,28H2,1H3,(H,34,38). The number of aromatic nitrogens is 3. The molecule has 2 aromatic heterocycles. The van der Waals surface area contributed by atoms with Gasteiger partial charge in [-0.3, -0.25) is 4.79 Å². The SMILES string of the molecule is BN1CCN(c2cc(NC(=O)c3ccc(C)c(C#Cc4cnc5cccnn45)c3)cc(C(F)(F)F)c2)CC1. The predicted octanol–water partition coefficient (Wildman–Crippen LogP) is 3.38. The Morgan fingerprint density at radius 1 is 1.05 bits per heavy atom. The van der Waals surface area contributed by atoms with E-state index in [-0.39, 0.29) is 11.3 Å². The van der Waals surface area contributed by atoms with Crippen LogP contribution in [-0.2, 0) is 6.18 Å². The molecule has 0 radical (unpaired) electrons. The number of hydrogen-bond donors (Lipinski definition) is 1. The number of piperazine rings is 1. The van der Waals surface area contributed by atoms with Crippen LogP contribution in [0.25, 0.3) is 5.65 Å². The van der Waals surface area contributed by atoms with Crippen LogP contribution in [0.15, 0.2) is 60.9 Å². The van der Waals surface area contributed by atoms with Gasteiger partial charge in [-0.1, -0.05) is 12.0 Å². The second kappa shape index (κ2) is 10.2. The van der Waals surface area contributed by atoms with E-state index in [4.69, 9.17) is 0 Å². The van der Waals surface area contributed by atoms with Gasteiger partial charge in [-0.05, 0) is 60.9 Å². The molecular weight excluding hydrogens is 492 g/mol. The van der Waals surface area contributed by atoms with Crippen LogP contribution in [0, 0.1) is 18.8 Å². The van der Waals surface area contributed by atoms with Crippen molar-refractivity contribution in [2.75, 3.05) is 36.4 Å². The maximum absolute atomic E-state index is 13.7. The maximum Gasteiger partial charge on any atom is 0.416 e. The van der Waals surface area contributed by atoms with Gasteiger partial charge in [0.25, 0.3) is 5.91 Å². The Hall–Kier alpha value is -4.30. The van der Waals surface area contributed by atoms with Crippen molar-refractivity contribution in [3.05, 3.63) is 88.9 Å². The summed E-state index contributed by atoms with van der Waals surface area (Å²) in [6.07, 6.45) is -1.28. The van der Waals surface area contributed by atoms with Gasteiger partial charge in [0, 0.05) is 54.9 Å². The summed E-state index contributed by atoms with van der Waals surface area (Å²) in [5.74, 6) is 5.57. The summed E-state index contributed by atoms with van der Waals surface area (Å²) < 4.78 is 42.6. The lowest BCUT2D eigenvalue weighted by Gasteiger charge is -2.35. The molecule has 7 nitrogen and oxygen atoms in total. The largest absolute Gasteiger partial charge is 0.416 e. The molecule has 38 heavy (non-hydrogen) atoms. The number of carbonyl (C=O) groups is 1. The van der Waals surface area contributed by atoms with E-state index in [9.17, 15) is 18.0 Å². The van der Waals surface area contributed by atoms with Crippen molar-refractivity contribution in [3.8, 4) is 11.8 Å². The molecule has 1 saturated heterocycles. The molecular formula is C27H24BF3N6O. The number of aryl methyl sites for hydroxylation is 1. The van der Waals surface area contributed by atoms with Crippen LogP contribution >= 0.6 is 0 Å². The van der Waals surface area contributed by atoms with E-state index >= 15 is 0 Å². The van der Waals surface area contributed by atoms with Crippen LogP contribution in [0.1, 0.15) is 32.7 Å². The molecule has 1 N–H and O–H groups in total. The summed E-state index contributed by atoms with van der Waals surface area (Å²) in [4.78, 5) is 21.4. The fourth-order valence-electron chi connectivity index (χ4n) is 4.24. The third kappa shape index (κ3) is 5.50. The number of amides is 1. The number of rotatable bonds is 3. The zero-order valence-electron chi connectivity index (χ0n) is 20.9. The Bertz CT molecular complexity index is 1560. The van der Waals surface area contributed by atoms with Gasteiger partial charge in [0.15, 0.2) is 13.6 Å². The molecule has 1 amide bonds. The third-order valence-corrected chi connectivity index (χ3v) is 6.47. The molecule has 0 bridgehead atoms. The van der Waals surface area contributed by atoms with Crippen molar-refractivity contribution in [2.45, 2.75) is 13.1 Å². The van der Waals surface area contributed by atoms with Crippen molar-refractivity contribution in [3.63, 3.8) is 0 Å². The molecule has 1 fully saturated rings. The smallest absolute Gasteiger partial charge is 0.369 e. The van der Waals surface area contributed by atoms with Crippen LogP contribution < -0.4 is 10.2 Å². The number of alkyl halides is 3. The van der Waals surface area contributed by atoms with Gasteiger partial charge in [-0.2, -0.15) is 18.3 Å². The van der Waals surface area contributed by atoms with Crippen molar-refractivity contribution in [2.24, 2.45) is 0 Å². The van der Waals surface area contributed by atoms with Gasteiger partial charge < -0.3 is 15.0 Å². The average molecular weight is 516 g/mol. The zero-order valence-corrected chi connectivity index (χ0v) is 20.9. The molecule has 3 heterocycles. The topological polar surface area (TPSA) is 65.8 Å². The van der Waals surface area contributed by atoms with Gasteiger partial charge in [-0.15, -0.1) is 0 Å². The minimum absolute atomic E-state index is 0.0868. The first-order valence-electron chi connectivity index (χ1n) is 12.1. The molecule has 4 aromatic rings. The highest BCUT2D eigenvalue weighted by Gasteiger charge is 2.32. The zero-order chi connectivity index (χ0) is 26.9. The molecule has 0 atom stereocenters. The van der Waals surface area contributed by atoms with E-state index in [1.54, 1.807) is 47.2 Å². The fraction of sp³-hybridized carbons (Fsp3) is 0.222. The highest BCUT2D eigenvalue weighted by molar-refractivity contribution is 6.05. The first-order chi connectivity index (χ1) is 18.2. The Morgan fingerprint density at radius 3 is 2.61 bits per heavy atom. The summed E-state index contributed by atoms with van der Waals surface area (Å²) in [5.41, 5.74) is 2.73. The first kappa shape index (κ1) is 25.4. The van der Waals surface area contributed by atoms with Crippen LogP contribution in [0.2, 0.25) is 0 Å². The number of nitrogens with one attached hydrogen (secondary N) is 1. The van der Waals surface area contributed by atoms with Crippen LogP contribution in [0.5, 0.6) is 0 Å². The molecule has 0 saturated carbocycles. The van der Waals surface area contributed by atoms with E-state index in [2.05, 4.69) is 32.1 Å². The number of imidazole rings is 1. The average Bonchev–Trinajstić information content (AvgIpc) is 3.31. The lowest BCUT2D eigenvalue weighted by Crippen LogP contribution is -2.45. The van der Waals surface area contributed by atoms with Crippen molar-refractivity contribution in [1.29, 1.82) is 0 Å². The summed E-state index contributed by atoms with van der Waals surface area (Å²) in [6.45, 7) is 4.57. The van der Waals surface area contributed by atoms with Gasteiger partial charge in [-0.25, -0.2) is 9.50 Å². The highest BCUT2D eigenvalue weighted by Crippen LogP contribution is 2.35. The molecule has 1 aliphatic heterocycles. The molecule has 2 aromatic carbocycles. The lowest BCUT2D eigenvalue weighted by molar-refractivity contribution is -0.137. The second-order valence-electron chi connectivity index (χ2n) is 9.23. The molecule has 0 unspecified atom stereocenters. The third-order valence-electron chi connectivity index (χ3n) is 6.47. The fourth-order valence-corrected chi connectivity index (χ4v) is 4.24. The van der Waals surface area contributed by atoms with Gasteiger partial charge in [0.1, 0.15) is 5.69 Å². The van der Waals surface area contributed by atoms with E-state index < -0.39 is 17.6 Å². The lowest BCUT2D eigenvalue weighted by atomic mass is 10.0. The number of halogens is 3. The quantitative estimate of drug-likeness (QED) is 0.334. The Balaban J connectivity index is 1.41. The molecule has 0 aliphatic carbocycles. The van der Waals surface area contributed by atoms with E-state index in [1.165, 1.54) is 0 Å². The number of carbonyl (C=O) groups excluding carboxylic acids is 1. The monoisotopic (exact) mass is 516 g/mol. The number of nitrogens with zero attached hydrogens (tertiary/aromatic N) is 5. The van der Waals surface area contributed by atoms with Crippen molar-refractivity contribution in [1.82, 2.24) is 19.4 Å². The minimum Gasteiger partial charge on any atom is -0.369 e. The van der Waals surface area contributed by atoms with Crippen molar-refractivity contribution >= 4 is 30.9 Å². The Labute approximate surface area is 218 Å². The molecule has 5 rings (SSSR count). The normalized spacial score (nSPS) is 14.3. The Morgan fingerprint density at radius 2 is 1.84 bits per heavy atom. The van der Waals surface area contributed by atoms with Crippen LogP contribution in [0.3, 0.4) is 0 Å².